The summed E-state index contributed by atoms with van der Waals surface area (Å²) in [5.74, 6) is 0. The fourth-order valence-electron chi connectivity index (χ4n) is 13.6. The minimum atomic E-state index is -0.207. The predicted molar refractivity (Wildman–Crippen MR) is 367 cm³/mol. The number of benzene rings is 12. The molecule has 0 bridgehead atoms. The van der Waals surface area contributed by atoms with Crippen molar-refractivity contribution in [3.05, 3.63) is 284 Å². The summed E-state index contributed by atoms with van der Waals surface area (Å²) in [6, 6.07) is 100. The minimum absolute atomic E-state index is 0.0406. The molecule has 0 aliphatic carbocycles. The lowest BCUT2D eigenvalue weighted by molar-refractivity contribution is 0.590. The molecule has 0 saturated heterocycles. The normalized spacial score (nSPS) is 12.9. The molecule has 12 aromatic carbocycles. The van der Waals surface area contributed by atoms with Gasteiger partial charge in [0, 0.05) is 90.2 Å². The van der Waals surface area contributed by atoms with Crippen molar-refractivity contribution in [1.82, 2.24) is 0 Å². The van der Waals surface area contributed by atoms with Gasteiger partial charge in [0.1, 0.15) is 22.3 Å². The average Bonchev–Trinajstić information content (AvgIpc) is 1.17. The quantitative estimate of drug-likeness (QED) is 0.134. The van der Waals surface area contributed by atoms with E-state index in [0.29, 0.717) is 0 Å². The summed E-state index contributed by atoms with van der Waals surface area (Å²) < 4.78 is 13.4. The molecule has 0 N–H and O–H groups in total. The first-order chi connectivity index (χ1) is 42.4. The van der Waals surface area contributed by atoms with Gasteiger partial charge in [-0.25, -0.2) is 0 Å². The highest BCUT2D eigenvalue weighted by Gasteiger charge is 2.45. The second kappa shape index (κ2) is 20.1. The number of anilines is 12. The predicted octanol–water partition coefficient (Wildman–Crippen LogP) is 20.8. The molecular formula is C80H63BN4O2. The summed E-state index contributed by atoms with van der Waals surface area (Å²) >= 11 is 0. The number of furan rings is 2. The van der Waals surface area contributed by atoms with Crippen LogP contribution in [0.5, 0.6) is 0 Å². The van der Waals surface area contributed by atoms with Crippen LogP contribution in [0.3, 0.4) is 0 Å². The van der Waals surface area contributed by atoms with Gasteiger partial charge in [0.2, 0.25) is 0 Å². The van der Waals surface area contributed by atoms with Gasteiger partial charge in [0.25, 0.3) is 6.71 Å². The van der Waals surface area contributed by atoms with Gasteiger partial charge < -0.3 is 28.4 Å². The van der Waals surface area contributed by atoms with E-state index in [2.05, 4.69) is 328 Å². The number of hydrogen-bond donors (Lipinski definition) is 0. The first-order valence-corrected chi connectivity index (χ1v) is 30.3. The number of rotatable bonds is 9. The van der Waals surface area contributed by atoms with Crippen LogP contribution in [-0.4, -0.2) is 6.71 Å². The van der Waals surface area contributed by atoms with E-state index in [0.717, 1.165) is 123 Å². The van der Waals surface area contributed by atoms with Crippen molar-refractivity contribution in [2.24, 2.45) is 0 Å². The van der Waals surface area contributed by atoms with Gasteiger partial charge in [-0.2, -0.15) is 0 Å². The van der Waals surface area contributed by atoms with Crippen LogP contribution in [0, 0.1) is 0 Å². The summed E-state index contributed by atoms with van der Waals surface area (Å²) in [5.41, 5.74) is 24.5. The van der Waals surface area contributed by atoms with E-state index in [1.807, 2.05) is 6.07 Å². The van der Waals surface area contributed by atoms with Gasteiger partial charge in [-0.15, -0.1) is 0 Å². The zero-order valence-electron chi connectivity index (χ0n) is 49.7. The Morgan fingerprint density at radius 1 is 0.299 bits per heavy atom. The molecule has 2 aromatic heterocycles. The van der Waals surface area contributed by atoms with Crippen molar-refractivity contribution >= 4 is 135 Å². The van der Waals surface area contributed by atoms with Crippen LogP contribution in [-0.2, 0) is 10.8 Å². The Morgan fingerprint density at radius 2 is 0.736 bits per heavy atom. The lowest BCUT2D eigenvalue weighted by Crippen LogP contribution is -2.61. The largest absolute Gasteiger partial charge is 0.456 e. The van der Waals surface area contributed by atoms with Gasteiger partial charge in [0.05, 0.1) is 5.69 Å². The molecule has 0 saturated carbocycles. The van der Waals surface area contributed by atoms with Gasteiger partial charge in [-0.3, -0.25) is 0 Å². The van der Waals surface area contributed by atoms with Crippen molar-refractivity contribution in [3.63, 3.8) is 0 Å². The number of hydrogen-bond acceptors (Lipinski definition) is 6. The van der Waals surface area contributed by atoms with Crippen molar-refractivity contribution in [2.45, 2.75) is 52.4 Å². The van der Waals surface area contributed by atoms with Crippen molar-refractivity contribution in [3.8, 4) is 11.1 Å². The van der Waals surface area contributed by atoms with E-state index in [1.54, 1.807) is 0 Å². The lowest BCUT2D eigenvalue weighted by Gasteiger charge is -2.45. The molecule has 7 heteroatoms. The van der Waals surface area contributed by atoms with Crippen LogP contribution in [0.25, 0.3) is 55.0 Å². The van der Waals surface area contributed by atoms with Gasteiger partial charge in [-0.05, 0) is 165 Å². The second-order valence-corrected chi connectivity index (χ2v) is 25.4. The maximum absolute atomic E-state index is 6.87. The third-order valence-corrected chi connectivity index (χ3v) is 17.9. The smallest absolute Gasteiger partial charge is 0.252 e. The van der Waals surface area contributed by atoms with E-state index in [-0.39, 0.29) is 17.5 Å². The number of fused-ring (bicyclic) bond motifs is 10. The van der Waals surface area contributed by atoms with Crippen molar-refractivity contribution < 1.29 is 8.83 Å². The molecule has 4 heterocycles. The first-order valence-electron chi connectivity index (χ1n) is 30.3. The van der Waals surface area contributed by atoms with E-state index < -0.39 is 0 Å². The standard InChI is InChI=1S/C80H63BN4O2/c1-79(2,3)54-33-37-58(38-34-54)84-70-47-62(83(60-28-20-23-53(45-60)52-21-10-7-11-22-52)61-42-44-76-66(46-61)64-29-16-18-31-74(64)86-76)41-43-68(70)81-69-50-67-65-30-17-19-32-75(65)87-77(67)51-71(69)85(59-39-35-55(36-40-59)80(4,5)6)73-49-63(48-72(84)78(73)81)82(56-24-12-8-13-25-56)57-26-14-9-15-27-57/h7-51H,1-6H3. The van der Waals surface area contributed by atoms with Crippen LogP contribution in [0.1, 0.15) is 52.7 Å². The Kier molecular flexibility index (Phi) is 12.0. The van der Waals surface area contributed by atoms with Crippen LogP contribution in [0.4, 0.5) is 68.2 Å². The Morgan fingerprint density at radius 3 is 1.32 bits per heavy atom. The lowest BCUT2D eigenvalue weighted by atomic mass is 9.33. The third kappa shape index (κ3) is 8.78. The van der Waals surface area contributed by atoms with Crippen LogP contribution in [0.2, 0.25) is 0 Å². The average molecular weight is 1120 g/mol. The molecule has 418 valence electrons. The third-order valence-electron chi connectivity index (χ3n) is 17.9. The number of nitrogens with zero attached hydrogens (tertiary/aromatic N) is 4. The molecule has 0 unspecified atom stereocenters. The Labute approximate surface area is 508 Å². The molecule has 14 aromatic rings. The highest BCUT2D eigenvalue weighted by molar-refractivity contribution is 7.00. The summed E-state index contributed by atoms with van der Waals surface area (Å²) in [7, 11) is 0. The van der Waals surface area contributed by atoms with Gasteiger partial charge >= 0.3 is 0 Å². The van der Waals surface area contributed by atoms with Crippen LogP contribution in [0.15, 0.2) is 282 Å². The molecule has 2 aliphatic heterocycles. The molecule has 0 radical (unpaired) electrons. The molecular weight excluding hydrogens is 1060 g/mol. The number of para-hydroxylation sites is 4. The fraction of sp³-hybridized carbons (Fsp3) is 0.100. The van der Waals surface area contributed by atoms with Crippen molar-refractivity contribution in [1.29, 1.82) is 0 Å². The molecule has 6 nitrogen and oxygen atoms in total. The van der Waals surface area contributed by atoms with Gasteiger partial charge in [-0.1, -0.05) is 193 Å². The summed E-state index contributed by atoms with van der Waals surface area (Å²) in [4.78, 5) is 9.91. The zero-order chi connectivity index (χ0) is 58.7. The summed E-state index contributed by atoms with van der Waals surface area (Å²) in [6.45, 7) is 13.5. The van der Waals surface area contributed by atoms with Crippen molar-refractivity contribution in [2.75, 3.05) is 19.6 Å². The summed E-state index contributed by atoms with van der Waals surface area (Å²) in [6.07, 6.45) is 0. The maximum atomic E-state index is 6.87. The Balaban J connectivity index is 1.01. The van der Waals surface area contributed by atoms with E-state index >= 15 is 0 Å². The molecule has 0 atom stereocenters. The molecule has 2 aliphatic rings. The van der Waals surface area contributed by atoms with E-state index in [1.165, 1.54) is 27.5 Å². The molecule has 16 rings (SSSR count). The molecule has 0 amide bonds. The zero-order valence-corrected chi connectivity index (χ0v) is 49.7. The monoisotopic (exact) mass is 1120 g/mol. The van der Waals surface area contributed by atoms with E-state index in [4.69, 9.17) is 8.83 Å². The minimum Gasteiger partial charge on any atom is -0.456 e. The molecule has 0 spiro atoms. The van der Waals surface area contributed by atoms with Crippen LogP contribution < -0.4 is 36.0 Å². The van der Waals surface area contributed by atoms with Crippen LogP contribution >= 0.6 is 0 Å². The Hall–Kier alpha value is -10.5. The molecule has 87 heavy (non-hydrogen) atoms. The first kappa shape index (κ1) is 52.1. The summed E-state index contributed by atoms with van der Waals surface area (Å²) in [5, 5.41) is 4.34. The Bertz CT molecular complexity index is 4920. The van der Waals surface area contributed by atoms with Gasteiger partial charge in [0.15, 0.2) is 0 Å². The highest BCUT2D eigenvalue weighted by Crippen LogP contribution is 2.51. The fourth-order valence-corrected chi connectivity index (χ4v) is 13.6. The SMILES string of the molecule is CC(C)(C)c1ccc(N2c3cc(N(c4cccc(-c5ccccc5)c4)c4ccc5oc6ccccc6c5c4)ccc3B3c4cc5c(cc4N(c4ccc(C(C)(C)C)cc4)c4cc(N(c6ccccc6)c6ccccc6)cc2c43)oc2ccccc25)cc1. The topological polar surface area (TPSA) is 39.2 Å². The second-order valence-electron chi connectivity index (χ2n) is 25.4. The molecule has 0 fully saturated rings. The maximum Gasteiger partial charge on any atom is 0.252 e. The highest BCUT2D eigenvalue weighted by atomic mass is 16.3. The van der Waals surface area contributed by atoms with E-state index in [9.17, 15) is 0 Å².